The number of methoxy groups -OCH3 is 2. The molecule has 4 atom stereocenters. The first-order chi connectivity index (χ1) is 19.9. The van der Waals surface area contributed by atoms with Gasteiger partial charge in [-0.3, -0.25) is 4.79 Å². The van der Waals surface area contributed by atoms with Gasteiger partial charge in [0.2, 0.25) is 0 Å². The van der Waals surface area contributed by atoms with Crippen molar-refractivity contribution in [2.24, 2.45) is 0 Å². The fraction of sp³-hybridized carbons (Fsp3) is 0.444. The zero-order valence-corrected chi connectivity index (χ0v) is 23.8. The zero-order valence-electron chi connectivity index (χ0n) is 23.0. The fourth-order valence-electron chi connectivity index (χ4n) is 4.03. The minimum atomic E-state index is -2.27. The number of aliphatic hydroxyl groups is 2. The van der Waals surface area contributed by atoms with Crippen LogP contribution in [0.5, 0.6) is 11.5 Å². The average Bonchev–Trinajstić information content (AvgIpc) is 2.97. The molecule has 2 unspecified atom stereocenters. The summed E-state index contributed by atoms with van der Waals surface area (Å²) in [5.41, 5.74) is 6.49. The first-order valence-corrected chi connectivity index (χ1v) is 13.1. The van der Waals surface area contributed by atoms with Gasteiger partial charge in [-0.1, -0.05) is 11.6 Å². The molecule has 0 spiro atoms. The summed E-state index contributed by atoms with van der Waals surface area (Å²) in [5.74, 6) is -3.07. The SMILES string of the molecule is COc1cc(N)c(Cl)cc1C(=O)N[C@H]1CCN(CCCOc2ccc(F)cc2)C[C@@H]1OC.O=C(O)C(O)C(O)C(=O)O. The predicted octanol–water partition coefficient (Wildman–Crippen LogP) is 1.24. The van der Waals surface area contributed by atoms with E-state index in [1.807, 2.05) is 0 Å². The van der Waals surface area contributed by atoms with Gasteiger partial charge in [0.1, 0.15) is 17.3 Å². The number of ether oxygens (including phenoxy) is 3. The predicted molar refractivity (Wildman–Crippen MR) is 149 cm³/mol. The number of aliphatic hydroxyl groups excluding tert-OH is 2. The number of carboxylic acid groups (broad SMARTS) is 2. The number of likely N-dealkylation sites (tertiary alicyclic amines) is 1. The molecule has 13 nitrogen and oxygen atoms in total. The summed E-state index contributed by atoms with van der Waals surface area (Å²) in [5, 5.41) is 35.9. The molecule has 1 aliphatic rings. The lowest BCUT2D eigenvalue weighted by atomic mass is 10.0. The molecule has 1 heterocycles. The van der Waals surface area contributed by atoms with E-state index in [9.17, 15) is 18.8 Å². The summed E-state index contributed by atoms with van der Waals surface area (Å²) < 4.78 is 29.5. The maximum Gasteiger partial charge on any atom is 0.335 e. The van der Waals surface area contributed by atoms with Crippen molar-refractivity contribution in [3.8, 4) is 11.5 Å². The number of nitrogen functional groups attached to an aromatic ring is 1. The van der Waals surface area contributed by atoms with Gasteiger partial charge in [-0.15, -0.1) is 0 Å². The number of carboxylic acids is 2. The topological polar surface area (TPSA) is 201 Å². The number of aliphatic carboxylic acids is 2. The van der Waals surface area contributed by atoms with Crippen LogP contribution < -0.4 is 20.5 Å². The van der Waals surface area contributed by atoms with E-state index < -0.39 is 24.1 Å². The van der Waals surface area contributed by atoms with Crippen LogP contribution in [0.25, 0.3) is 0 Å². The Balaban J connectivity index is 0.000000528. The van der Waals surface area contributed by atoms with Crippen LogP contribution in [0.1, 0.15) is 23.2 Å². The number of anilines is 1. The number of hydrogen-bond acceptors (Lipinski definition) is 10. The van der Waals surface area contributed by atoms with E-state index in [2.05, 4.69) is 10.2 Å². The molecule has 232 valence electrons. The van der Waals surface area contributed by atoms with E-state index in [1.54, 1.807) is 25.3 Å². The molecule has 0 radical (unpaired) electrons. The van der Waals surface area contributed by atoms with Gasteiger partial charge < -0.3 is 50.6 Å². The number of rotatable bonds is 12. The fourth-order valence-corrected chi connectivity index (χ4v) is 4.19. The number of nitrogens with zero attached hydrogens (tertiary/aromatic N) is 1. The Bertz CT molecular complexity index is 1190. The first-order valence-electron chi connectivity index (χ1n) is 12.8. The lowest BCUT2D eigenvalue weighted by Crippen LogP contribution is -2.55. The van der Waals surface area contributed by atoms with Crippen LogP contribution in [-0.4, -0.2) is 108 Å². The number of nitrogens with two attached hydrogens (primary N) is 1. The van der Waals surface area contributed by atoms with Gasteiger partial charge in [0, 0.05) is 32.8 Å². The lowest BCUT2D eigenvalue weighted by molar-refractivity contribution is -0.165. The van der Waals surface area contributed by atoms with Gasteiger partial charge in [0.15, 0.2) is 12.2 Å². The standard InChI is InChI=1S/C23H29ClFN3O4.C4H6O6/c1-30-21-13-19(26)18(24)12-17(21)23(29)27-20-8-10-28(14-22(20)31-2)9-3-11-32-16-6-4-15(25)5-7-16;5-1(3(7)8)2(6)4(9)10/h4-7,12-13,20,22H,3,8-11,14,26H2,1-2H3,(H,27,29);1-2,5-6H,(H,7,8)(H,9,10)/t20-,22-;/m0./s1. The Labute approximate surface area is 246 Å². The van der Waals surface area contributed by atoms with Crippen LogP contribution in [0.3, 0.4) is 0 Å². The van der Waals surface area contributed by atoms with Crippen molar-refractivity contribution in [2.45, 2.75) is 37.2 Å². The number of amides is 1. The molecule has 0 aromatic heterocycles. The number of carbonyl (C=O) groups excluding carboxylic acids is 1. The third-order valence-electron chi connectivity index (χ3n) is 6.33. The highest BCUT2D eigenvalue weighted by Crippen LogP contribution is 2.29. The van der Waals surface area contributed by atoms with E-state index in [0.717, 1.165) is 25.9 Å². The van der Waals surface area contributed by atoms with Crippen molar-refractivity contribution >= 4 is 35.1 Å². The van der Waals surface area contributed by atoms with Crippen LogP contribution in [0.15, 0.2) is 36.4 Å². The maximum atomic E-state index is 12.9. The summed E-state index contributed by atoms with van der Waals surface area (Å²) in [6, 6.07) is 8.92. The number of carbonyl (C=O) groups is 3. The molecular weight excluding hydrogens is 581 g/mol. The van der Waals surface area contributed by atoms with Crippen LogP contribution >= 0.6 is 11.6 Å². The zero-order chi connectivity index (χ0) is 31.4. The molecule has 3 rings (SSSR count). The molecule has 1 aliphatic heterocycles. The van der Waals surface area contributed by atoms with Gasteiger partial charge in [-0.2, -0.15) is 0 Å². The first kappa shape index (κ1) is 34.5. The van der Waals surface area contributed by atoms with E-state index in [-0.39, 0.29) is 23.9 Å². The summed E-state index contributed by atoms with van der Waals surface area (Å²) in [6.45, 7) is 2.89. The molecule has 7 N–H and O–H groups in total. The quantitative estimate of drug-likeness (QED) is 0.148. The van der Waals surface area contributed by atoms with Crippen LogP contribution in [0.2, 0.25) is 5.02 Å². The molecule has 2 aromatic rings. The highest BCUT2D eigenvalue weighted by atomic mass is 35.5. The molecule has 0 saturated carbocycles. The van der Waals surface area contributed by atoms with Crippen LogP contribution in [0.4, 0.5) is 10.1 Å². The van der Waals surface area contributed by atoms with Crippen LogP contribution in [-0.2, 0) is 14.3 Å². The van der Waals surface area contributed by atoms with Gasteiger partial charge in [-0.05, 0) is 43.2 Å². The Morgan fingerprint density at radius 2 is 1.74 bits per heavy atom. The Morgan fingerprint density at radius 1 is 1.12 bits per heavy atom. The summed E-state index contributed by atoms with van der Waals surface area (Å²) in [4.78, 5) is 34.7. The van der Waals surface area contributed by atoms with Crippen molar-refractivity contribution in [3.05, 3.63) is 52.8 Å². The smallest absolute Gasteiger partial charge is 0.335 e. The second-order valence-electron chi connectivity index (χ2n) is 9.24. The Morgan fingerprint density at radius 3 is 2.29 bits per heavy atom. The molecule has 1 fully saturated rings. The highest BCUT2D eigenvalue weighted by molar-refractivity contribution is 6.33. The van der Waals surface area contributed by atoms with Crippen molar-refractivity contribution < 1.29 is 53.4 Å². The van der Waals surface area contributed by atoms with Crippen molar-refractivity contribution in [1.29, 1.82) is 0 Å². The number of halogens is 2. The van der Waals surface area contributed by atoms with E-state index >= 15 is 0 Å². The van der Waals surface area contributed by atoms with E-state index in [4.69, 9.17) is 52.0 Å². The Hall–Kier alpha value is -3.69. The summed E-state index contributed by atoms with van der Waals surface area (Å²) >= 11 is 6.09. The number of nitrogens with one attached hydrogen (secondary N) is 1. The number of piperidine rings is 1. The van der Waals surface area contributed by atoms with Gasteiger partial charge in [0.05, 0.1) is 42.1 Å². The average molecular weight is 616 g/mol. The third-order valence-corrected chi connectivity index (χ3v) is 6.66. The Kier molecular flexibility index (Phi) is 13.7. The molecule has 1 amide bonds. The van der Waals surface area contributed by atoms with Crippen LogP contribution in [0, 0.1) is 5.82 Å². The van der Waals surface area contributed by atoms with Crippen molar-refractivity contribution in [1.82, 2.24) is 10.2 Å². The number of hydrogen-bond donors (Lipinski definition) is 6. The molecule has 15 heteroatoms. The van der Waals surface area contributed by atoms with E-state index in [0.29, 0.717) is 40.9 Å². The highest BCUT2D eigenvalue weighted by Gasteiger charge is 2.31. The van der Waals surface area contributed by atoms with Gasteiger partial charge in [0.25, 0.3) is 5.91 Å². The summed E-state index contributed by atoms with van der Waals surface area (Å²) in [7, 11) is 3.13. The van der Waals surface area contributed by atoms with E-state index in [1.165, 1.54) is 25.3 Å². The number of benzene rings is 2. The lowest BCUT2D eigenvalue weighted by Gasteiger charge is -2.38. The minimum Gasteiger partial charge on any atom is -0.496 e. The van der Waals surface area contributed by atoms with Crippen molar-refractivity contribution in [3.63, 3.8) is 0 Å². The monoisotopic (exact) mass is 615 g/mol. The second kappa shape index (κ2) is 16.7. The molecule has 42 heavy (non-hydrogen) atoms. The molecular formula is C27H35ClFN3O10. The second-order valence-corrected chi connectivity index (χ2v) is 9.65. The molecule has 1 saturated heterocycles. The molecule has 0 bridgehead atoms. The van der Waals surface area contributed by atoms with Crippen molar-refractivity contribution in [2.75, 3.05) is 46.2 Å². The molecule has 2 aromatic carbocycles. The summed E-state index contributed by atoms with van der Waals surface area (Å²) in [6.07, 6.45) is -3.11. The van der Waals surface area contributed by atoms with Gasteiger partial charge >= 0.3 is 11.9 Å². The largest absolute Gasteiger partial charge is 0.496 e. The van der Waals surface area contributed by atoms with Gasteiger partial charge in [-0.25, -0.2) is 14.0 Å². The minimum absolute atomic E-state index is 0.139. The normalized spacial score (nSPS) is 18.1. The third kappa shape index (κ3) is 10.3. The maximum absolute atomic E-state index is 12.9. The molecule has 0 aliphatic carbocycles.